The van der Waals surface area contributed by atoms with E-state index in [9.17, 15) is 4.79 Å². The fraction of sp³-hybridized carbons (Fsp3) is 0.105. The Morgan fingerprint density at radius 3 is 2.41 bits per heavy atom. The molecular formula is C19H18N2O. The van der Waals surface area contributed by atoms with E-state index in [0.29, 0.717) is 0 Å². The molecule has 3 rings (SSSR count). The molecule has 0 radical (unpaired) electrons. The second-order valence-corrected chi connectivity index (χ2v) is 5.17. The first kappa shape index (κ1) is 14.1. The predicted octanol–water partition coefficient (Wildman–Crippen LogP) is 3.91. The van der Waals surface area contributed by atoms with Gasteiger partial charge in [0.05, 0.1) is 6.54 Å². The number of likely N-dealkylation sites (N-methyl/N-ethyl adjacent to an activating group) is 1. The number of carbonyl (C=O) groups is 1. The van der Waals surface area contributed by atoms with Gasteiger partial charge in [0.25, 0.3) is 0 Å². The number of para-hydroxylation sites is 1. The van der Waals surface area contributed by atoms with Gasteiger partial charge in [0, 0.05) is 23.8 Å². The number of nitrogens with zero attached hydrogens (tertiary/aromatic N) is 1. The fourth-order valence-corrected chi connectivity index (χ4v) is 2.46. The molecule has 0 atom stereocenters. The van der Waals surface area contributed by atoms with Crippen LogP contribution in [0.1, 0.15) is 0 Å². The van der Waals surface area contributed by atoms with E-state index in [-0.39, 0.29) is 12.5 Å². The number of carbonyl (C=O) groups excluding carboxylic acids is 1. The second-order valence-electron chi connectivity index (χ2n) is 5.17. The van der Waals surface area contributed by atoms with E-state index < -0.39 is 0 Å². The molecule has 1 N–H and O–H groups in total. The van der Waals surface area contributed by atoms with Gasteiger partial charge in [-0.05, 0) is 23.6 Å². The van der Waals surface area contributed by atoms with E-state index in [1.165, 1.54) is 0 Å². The molecule has 0 saturated carbocycles. The van der Waals surface area contributed by atoms with Gasteiger partial charge in [-0.25, -0.2) is 0 Å². The molecule has 0 aromatic heterocycles. The Kier molecular flexibility index (Phi) is 4.05. The summed E-state index contributed by atoms with van der Waals surface area (Å²) in [7, 11) is 1.79. The Morgan fingerprint density at radius 1 is 0.909 bits per heavy atom. The molecule has 0 unspecified atom stereocenters. The molecule has 0 aliphatic carbocycles. The van der Waals surface area contributed by atoms with Crippen LogP contribution in [0.25, 0.3) is 10.8 Å². The van der Waals surface area contributed by atoms with Gasteiger partial charge in [-0.2, -0.15) is 0 Å². The van der Waals surface area contributed by atoms with Gasteiger partial charge < -0.3 is 10.2 Å². The number of hydrogen-bond acceptors (Lipinski definition) is 2. The Bertz CT molecular complexity index is 778. The predicted molar refractivity (Wildman–Crippen MR) is 92.3 cm³/mol. The molecule has 110 valence electrons. The zero-order chi connectivity index (χ0) is 15.4. The number of amides is 1. The molecule has 0 bridgehead atoms. The van der Waals surface area contributed by atoms with Crippen LogP contribution < -0.4 is 10.2 Å². The molecule has 0 aliphatic rings. The smallest absolute Gasteiger partial charge is 0.246 e. The third-order valence-corrected chi connectivity index (χ3v) is 3.74. The van der Waals surface area contributed by atoms with Gasteiger partial charge in [-0.1, -0.05) is 54.6 Å². The largest absolute Gasteiger partial charge is 0.376 e. The molecule has 1 amide bonds. The fourth-order valence-electron chi connectivity index (χ4n) is 2.46. The minimum absolute atomic E-state index is 0.0270. The van der Waals surface area contributed by atoms with Crippen molar-refractivity contribution in [2.24, 2.45) is 0 Å². The van der Waals surface area contributed by atoms with Crippen molar-refractivity contribution in [3.8, 4) is 0 Å². The number of rotatable bonds is 4. The summed E-state index contributed by atoms with van der Waals surface area (Å²) in [5.41, 5.74) is 1.88. The van der Waals surface area contributed by atoms with Crippen LogP contribution in [0.4, 0.5) is 11.4 Å². The van der Waals surface area contributed by atoms with E-state index in [2.05, 4.69) is 23.5 Å². The topological polar surface area (TPSA) is 32.3 Å². The standard InChI is InChI=1S/C19H18N2O/c1-21(16-10-3-2-4-11-16)19(22)14-20-18-13-7-9-15-8-5-6-12-17(15)18/h2-13,20H,14H2,1H3. The van der Waals surface area contributed by atoms with E-state index >= 15 is 0 Å². The maximum absolute atomic E-state index is 12.3. The molecule has 0 fully saturated rings. The highest BCUT2D eigenvalue weighted by atomic mass is 16.2. The second kappa shape index (κ2) is 6.31. The highest BCUT2D eigenvalue weighted by Crippen LogP contribution is 2.22. The van der Waals surface area contributed by atoms with Gasteiger partial charge >= 0.3 is 0 Å². The number of nitrogens with one attached hydrogen (secondary N) is 1. The quantitative estimate of drug-likeness (QED) is 0.790. The lowest BCUT2D eigenvalue weighted by atomic mass is 10.1. The van der Waals surface area contributed by atoms with Gasteiger partial charge in [0.1, 0.15) is 0 Å². The van der Waals surface area contributed by atoms with Crippen molar-refractivity contribution in [3.05, 3.63) is 72.8 Å². The van der Waals surface area contributed by atoms with Gasteiger partial charge in [0.2, 0.25) is 5.91 Å². The van der Waals surface area contributed by atoms with Gasteiger partial charge in [0.15, 0.2) is 0 Å². The maximum atomic E-state index is 12.3. The van der Waals surface area contributed by atoms with Crippen molar-refractivity contribution in [1.82, 2.24) is 0 Å². The van der Waals surface area contributed by atoms with Crippen LogP contribution in [0.5, 0.6) is 0 Å². The molecule has 0 aliphatic heterocycles. The lowest BCUT2D eigenvalue weighted by Gasteiger charge is -2.18. The third-order valence-electron chi connectivity index (χ3n) is 3.74. The molecule has 3 aromatic rings. The Morgan fingerprint density at radius 2 is 1.59 bits per heavy atom. The van der Waals surface area contributed by atoms with Crippen molar-refractivity contribution in [2.75, 3.05) is 23.8 Å². The summed E-state index contributed by atoms with van der Waals surface area (Å²) in [5.74, 6) is 0.0270. The minimum atomic E-state index is 0.0270. The summed E-state index contributed by atoms with van der Waals surface area (Å²) in [6.45, 7) is 0.263. The zero-order valence-electron chi connectivity index (χ0n) is 12.5. The van der Waals surface area contributed by atoms with E-state index in [1.54, 1.807) is 11.9 Å². The number of anilines is 2. The van der Waals surface area contributed by atoms with Crippen molar-refractivity contribution < 1.29 is 4.79 Å². The molecule has 22 heavy (non-hydrogen) atoms. The van der Waals surface area contributed by atoms with E-state index in [0.717, 1.165) is 22.1 Å². The molecule has 0 spiro atoms. The average Bonchev–Trinajstić information content (AvgIpc) is 2.59. The number of benzene rings is 3. The summed E-state index contributed by atoms with van der Waals surface area (Å²) in [5, 5.41) is 5.54. The van der Waals surface area contributed by atoms with Crippen molar-refractivity contribution in [1.29, 1.82) is 0 Å². The van der Waals surface area contributed by atoms with Crippen molar-refractivity contribution in [2.45, 2.75) is 0 Å². The first-order valence-corrected chi connectivity index (χ1v) is 7.29. The first-order valence-electron chi connectivity index (χ1n) is 7.29. The molecule has 3 heteroatoms. The van der Waals surface area contributed by atoms with Gasteiger partial charge in [-0.15, -0.1) is 0 Å². The molecule has 3 aromatic carbocycles. The summed E-state index contributed by atoms with van der Waals surface area (Å²) >= 11 is 0. The molecule has 3 nitrogen and oxygen atoms in total. The van der Waals surface area contributed by atoms with Crippen LogP contribution in [-0.4, -0.2) is 19.5 Å². The average molecular weight is 290 g/mol. The van der Waals surface area contributed by atoms with Crippen LogP contribution in [0, 0.1) is 0 Å². The maximum Gasteiger partial charge on any atom is 0.246 e. The highest BCUT2D eigenvalue weighted by Gasteiger charge is 2.10. The third kappa shape index (κ3) is 2.93. The SMILES string of the molecule is CN(C(=O)CNc1cccc2ccccc12)c1ccccc1. The monoisotopic (exact) mass is 290 g/mol. The minimum Gasteiger partial charge on any atom is -0.376 e. The Hall–Kier alpha value is -2.81. The van der Waals surface area contributed by atoms with Crippen molar-refractivity contribution in [3.63, 3.8) is 0 Å². The molecule has 0 saturated heterocycles. The van der Waals surface area contributed by atoms with E-state index in [4.69, 9.17) is 0 Å². The van der Waals surface area contributed by atoms with Crippen LogP contribution in [0.3, 0.4) is 0 Å². The number of hydrogen-bond donors (Lipinski definition) is 1. The highest BCUT2D eigenvalue weighted by molar-refractivity contribution is 5.98. The Balaban J connectivity index is 1.73. The lowest BCUT2D eigenvalue weighted by Crippen LogP contribution is -2.32. The van der Waals surface area contributed by atoms with Crippen LogP contribution in [0.2, 0.25) is 0 Å². The summed E-state index contributed by atoms with van der Waals surface area (Å²) in [6.07, 6.45) is 0. The first-order chi connectivity index (χ1) is 10.8. The zero-order valence-corrected chi connectivity index (χ0v) is 12.5. The summed E-state index contributed by atoms with van der Waals surface area (Å²) in [6, 6.07) is 23.9. The Labute approximate surface area is 130 Å². The number of fused-ring (bicyclic) bond motifs is 1. The van der Waals surface area contributed by atoms with Crippen LogP contribution in [0.15, 0.2) is 72.8 Å². The summed E-state index contributed by atoms with van der Waals surface area (Å²) < 4.78 is 0. The molecule has 0 heterocycles. The normalized spacial score (nSPS) is 10.4. The molecular weight excluding hydrogens is 272 g/mol. The van der Waals surface area contributed by atoms with Crippen LogP contribution >= 0.6 is 0 Å². The summed E-state index contributed by atoms with van der Waals surface area (Å²) in [4.78, 5) is 14.0. The van der Waals surface area contributed by atoms with Gasteiger partial charge in [-0.3, -0.25) is 4.79 Å². The van der Waals surface area contributed by atoms with Crippen molar-refractivity contribution >= 4 is 28.1 Å². The lowest BCUT2D eigenvalue weighted by molar-refractivity contribution is -0.116. The van der Waals surface area contributed by atoms with Crippen LogP contribution in [-0.2, 0) is 4.79 Å². The van der Waals surface area contributed by atoms with E-state index in [1.807, 2.05) is 54.6 Å².